The molecule has 0 aliphatic carbocycles. The van der Waals surface area contributed by atoms with Crippen molar-refractivity contribution < 1.29 is 14.7 Å². The molecule has 0 unspecified atom stereocenters. The largest absolute Gasteiger partial charge is 0.480 e. The highest BCUT2D eigenvalue weighted by atomic mass is 35.5. The molecule has 1 aromatic carbocycles. The van der Waals surface area contributed by atoms with E-state index in [1.54, 1.807) is 37.4 Å². The van der Waals surface area contributed by atoms with Gasteiger partial charge in [-0.2, -0.15) is 0 Å². The lowest BCUT2D eigenvalue weighted by Crippen LogP contribution is -2.44. The van der Waals surface area contributed by atoms with Crippen LogP contribution in [0.4, 0.5) is 10.5 Å². The number of hydrogen-bond acceptors (Lipinski definition) is 2. The maximum Gasteiger partial charge on any atom is 0.325 e. The second-order valence-electron chi connectivity index (χ2n) is 3.91. The van der Waals surface area contributed by atoms with Crippen molar-refractivity contribution in [3.8, 4) is 0 Å². The van der Waals surface area contributed by atoms with E-state index in [2.05, 4.69) is 6.58 Å². The van der Waals surface area contributed by atoms with Gasteiger partial charge < -0.3 is 10.0 Å². The molecule has 6 heteroatoms. The number of rotatable bonds is 5. The Morgan fingerprint density at radius 2 is 1.95 bits per heavy atom. The number of benzene rings is 1. The van der Waals surface area contributed by atoms with Gasteiger partial charge in [-0.25, -0.2) is 4.79 Å². The van der Waals surface area contributed by atoms with Crippen molar-refractivity contribution >= 4 is 29.3 Å². The summed E-state index contributed by atoms with van der Waals surface area (Å²) < 4.78 is 0. The first-order chi connectivity index (χ1) is 8.95. The van der Waals surface area contributed by atoms with Gasteiger partial charge >= 0.3 is 12.0 Å². The van der Waals surface area contributed by atoms with Crippen LogP contribution in [-0.2, 0) is 4.79 Å². The summed E-state index contributed by atoms with van der Waals surface area (Å²) in [5.74, 6) is -1.09. The fourth-order valence-corrected chi connectivity index (χ4v) is 1.63. The third kappa shape index (κ3) is 4.30. The van der Waals surface area contributed by atoms with E-state index in [0.29, 0.717) is 17.3 Å². The fourth-order valence-electron chi connectivity index (χ4n) is 1.50. The molecule has 102 valence electrons. The average molecular weight is 283 g/mol. The maximum atomic E-state index is 12.2. The van der Waals surface area contributed by atoms with E-state index in [1.807, 2.05) is 0 Å². The van der Waals surface area contributed by atoms with Crippen LogP contribution in [0.5, 0.6) is 0 Å². The van der Waals surface area contributed by atoms with Crippen molar-refractivity contribution in [1.82, 2.24) is 4.90 Å². The van der Waals surface area contributed by atoms with Crippen LogP contribution in [0.25, 0.3) is 0 Å². The number of carboxylic acid groups (broad SMARTS) is 1. The van der Waals surface area contributed by atoms with E-state index in [1.165, 1.54) is 9.80 Å². The average Bonchev–Trinajstić information content (AvgIpc) is 2.36. The molecule has 0 atom stereocenters. The zero-order valence-corrected chi connectivity index (χ0v) is 11.3. The number of hydrogen-bond donors (Lipinski definition) is 1. The molecule has 19 heavy (non-hydrogen) atoms. The summed E-state index contributed by atoms with van der Waals surface area (Å²) in [7, 11) is 1.58. The summed E-state index contributed by atoms with van der Waals surface area (Å²) in [6, 6.07) is 6.00. The lowest BCUT2D eigenvalue weighted by molar-refractivity contribution is -0.135. The quantitative estimate of drug-likeness (QED) is 0.844. The summed E-state index contributed by atoms with van der Waals surface area (Å²) in [4.78, 5) is 25.6. The molecular formula is C13H15ClN2O3. The second kappa shape index (κ2) is 6.80. The molecule has 0 aromatic heterocycles. The molecule has 0 radical (unpaired) electrons. The highest BCUT2D eigenvalue weighted by Crippen LogP contribution is 2.19. The SMILES string of the molecule is C=CCN(C)C(=O)N(CC(=O)O)c1ccc(Cl)cc1. The van der Waals surface area contributed by atoms with Crippen LogP contribution in [0.1, 0.15) is 0 Å². The van der Waals surface area contributed by atoms with Crippen molar-refractivity contribution in [1.29, 1.82) is 0 Å². The molecule has 1 N–H and O–H groups in total. The Hall–Kier alpha value is -2.01. The molecule has 0 aliphatic rings. The molecule has 0 spiro atoms. The van der Waals surface area contributed by atoms with Crippen LogP contribution >= 0.6 is 11.6 Å². The minimum atomic E-state index is -1.09. The number of amides is 2. The smallest absolute Gasteiger partial charge is 0.325 e. The molecule has 5 nitrogen and oxygen atoms in total. The van der Waals surface area contributed by atoms with Gasteiger partial charge in [0.1, 0.15) is 6.54 Å². The van der Waals surface area contributed by atoms with Crippen LogP contribution in [0, 0.1) is 0 Å². The highest BCUT2D eigenvalue weighted by molar-refractivity contribution is 6.30. The predicted octanol–water partition coefficient (Wildman–Crippen LogP) is 2.47. The fraction of sp³-hybridized carbons (Fsp3) is 0.231. The van der Waals surface area contributed by atoms with Gasteiger partial charge in [-0.3, -0.25) is 9.69 Å². The highest BCUT2D eigenvalue weighted by Gasteiger charge is 2.21. The second-order valence-corrected chi connectivity index (χ2v) is 4.34. The van der Waals surface area contributed by atoms with E-state index in [-0.39, 0.29) is 0 Å². The Bertz CT molecular complexity index is 473. The molecule has 0 saturated carbocycles. The number of halogens is 1. The third-order valence-corrected chi connectivity index (χ3v) is 2.64. The molecule has 1 rings (SSSR count). The van der Waals surface area contributed by atoms with E-state index in [9.17, 15) is 9.59 Å². The Labute approximate surface area is 116 Å². The summed E-state index contributed by atoms with van der Waals surface area (Å²) >= 11 is 5.77. The van der Waals surface area contributed by atoms with Gasteiger partial charge in [0.2, 0.25) is 0 Å². The number of likely N-dealkylation sites (N-methyl/N-ethyl adjacent to an activating group) is 1. The lowest BCUT2D eigenvalue weighted by Gasteiger charge is -2.26. The van der Waals surface area contributed by atoms with E-state index >= 15 is 0 Å². The molecule has 0 fully saturated rings. The van der Waals surface area contributed by atoms with Gasteiger partial charge in [0, 0.05) is 24.3 Å². The number of carbonyl (C=O) groups excluding carboxylic acids is 1. The first-order valence-corrected chi connectivity index (χ1v) is 5.94. The summed E-state index contributed by atoms with van der Waals surface area (Å²) in [6.45, 7) is 3.46. The van der Waals surface area contributed by atoms with Crippen LogP contribution in [0.3, 0.4) is 0 Å². The molecule has 0 aliphatic heterocycles. The first kappa shape index (κ1) is 15.0. The molecule has 2 amide bonds. The van der Waals surface area contributed by atoms with Crippen LogP contribution in [0.2, 0.25) is 5.02 Å². The van der Waals surface area contributed by atoms with E-state index in [0.717, 1.165) is 0 Å². The molecule has 1 aromatic rings. The van der Waals surface area contributed by atoms with E-state index < -0.39 is 18.5 Å². The Morgan fingerprint density at radius 3 is 2.42 bits per heavy atom. The number of carbonyl (C=O) groups is 2. The normalized spacial score (nSPS) is 9.79. The molecular weight excluding hydrogens is 268 g/mol. The number of urea groups is 1. The Balaban J connectivity index is 3.00. The van der Waals surface area contributed by atoms with Gasteiger partial charge in [-0.1, -0.05) is 17.7 Å². The number of carboxylic acids is 1. The number of nitrogens with zero attached hydrogens (tertiary/aromatic N) is 2. The Kier molecular flexibility index (Phi) is 5.38. The van der Waals surface area contributed by atoms with Gasteiger partial charge in [-0.05, 0) is 24.3 Å². The van der Waals surface area contributed by atoms with Gasteiger partial charge in [0.05, 0.1) is 0 Å². The van der Waals surface area contributed by atoms with Crippen molar-refractivity contribution in [3.63, 3.8) is 0 Å². The maximum absolute atomic E-state index is 12.2. The van der Waals surface area contributed by atoms with E-state index in [4.69, 9.17) is 16.7 Å². The summed E-state index contributed by atoms with van der Waals surface area (Å²) in [5, 5.41) is 9.42. The minimum absolute atomic E-state index is 0.336. The van der Waals surface area contributed by atoms with Crippen LogP contribution in [0.15, 0.2) is 36.9 Å². The zero-order chi connectivity index (χ0) is 14.4. The standard InChI is InChI=1S/C13H15ClN2O3/c1-3-8-15(2)13(19)16(9-12(17)18)11-6-4-10(14)5-7-11/h3-7H,1,8-9H2,2H3,(H,17,18). The van der Waals surface area contributed by atoms with Crippen LogP contribution < -0.4 is 4.90 Å². The third-order valence-electron chi connectivity index (χ3n) is 2.39. The van der Waals surface area contributed by atoms with Gasteiger partial charge in [-0.15, -0.1) is 6.58 Å². The molecule has 0 bridgehead atoms. The number of aliphatic carboxylic acids is 1. The van der Waals surface area contributed by atoms with Crippen molar-refractivity contribution in [2.45, 2.75) is 0 Å². The van der Waals surface area contributed by atoms with Gasteiger partial charge in [0.25, 0.3) is 0 Å². The first-order valence-electron chi connectivity index (χ1n) is 5.56. The number of anilines is 1. The monoisotopic (exact) mass is 282 g/mol. The predicted molar refractivity (Wildman–Crippen MR) is 74.7 cm³/mol. The molecule has 0 saturated heterocycles. The van der Waals surface area contributed by atoms with Crippen molar-refractivity contribution in [2.75, 3.05) is 25.0 Å². The molecule has 0 heterocycles. The lowest BCUT2D eigenvalue weighted by atomic mass is 10.3. The van der Waals surface area contributed by atoms with Crippen molar-refractivity contribution in [2.24, 2.45) is 0 Å². The summed E-state index contributed by atoms with van der Waals surface area (Å²) in [5.41, 5.74) is 0.479. The Morgan fingerprint density at radius 1 is 1.37 bits per heavy atom. The summed E-state index contributed by atoms with van der Waals surface area (Å²) in [6.07, 6.45) is 1.57. The van der Waals surface area contributed by atoms with Crippen molar-refractivity contribution in [3.05, 3.63) is 41.9 Å². The van der Waals surface area contributed by atoms with Gasteiger partial charge in [0.15, 0.2) is 0 Å². The van der Waals surface area contributed by atoms with Crippen LogP contribution in [-0.4, -0.2) is 42.1 Å². The topological polar surface area (TPSA) is 60.9 Å². The zero-order valence-electron chi connectivity index (χ0n) is 10.5. The minimum Gasteiger partial charge on any atom is -0.480 e.